The molecule has 0 spiro atoms. The second-order valence-electron chi connectivity index (χ2n) is 3.34. The first-order valence-electron chi connectivity index (χ1n) is 4.26. The first-order chi connectivity index (χ1) is 6.86. The van der Waals surface area contributed by atoms with Crippen molar-refractivity contribution in [3.05, 3.63) is 10.4 Å². The van der Waals surface area contributed by atoms with Crippen LogP contribution in [0.3, 0.4) is 0 Å². The molecule has 0 aliphatic carbocycles. The number of carbonyl (C=O) groups is 2. The number of nitrogens with zero attached hydrogens (tertiary/aromatic N) is 1. The Morgan fingerprint density at radius 3 is 2.13 bits per heavy atom. The summed E-state index contributed by atoms with van der Waals surface area (Å²) in [5.41, 5.74) is 11.3. The third-order valence-corrected chi connectivity index (χ3v) is 3.37. The average Bonchev–Trinajstić information content (AvgIpc) is 2.42. The zero-order valence-electron chi connectivity index (χ0n) is 8.83. The van der Waals surface area contributed by atoms with E-state index in [9.17, 15) is 9.59 Å². The molecule has 0 aromatic carbocycles. The van der Waals surface area contributed by atoms with Crippen molar-refractivity contribution in [2.24, 2.45) is 5.73 Å². The zero-order valence-corrected chi connectivity index (χ0v) is 9.64. The molecule has 0 atom stereocenters. The Bertz CT molecular complexity index is 423. The topological polar surface area (TPSA) is 89.4 Å². The third kappa shape index (κ3) is 1.94. The van der Waals surface area contributed by atoms with Crippen LogP contribution in [0.25, 0.3) is 0 Å². The summed E-state index contributed by atoms with van der Waals surface area (Å²) in [6.45, 7) is 1.41. The Hall–Kier alpha value is -1.56. The van der Waals surface area contributed by atoms with Gasteiger partial charge in [0.15, 0.2) is 5.78 Å². The van der Waals surface area contributed by atoms with Gasteiger partial charge in [-0.25, -0.2) is 0 Å². The lowest BCUT2D eigenvalue weighted by Gasteiger charge is -2.10. The Balaban J connectivity index is 3.46. The average molecular weight is 227 g/mol. The minimum atomic E-state index is -0.611. The highest BCUT2D eigenvalue weighted by Crippen LogP contribution is 2.37. The van der Waals surface area contributed by atoms with Crippen molar-refractivity contribution in [3.63, 3.8) is 0 Å². The first kappa shape index (κ1) is 11.5. The number of hydrogen-bond donors (Lipinski definition) is 2. The van der Waals surface area contributed by atoms with Gasteiger partial charge in [0.05, 0.1) is 16.1 Å². The number of nitrogen functional groups attached to an aromatic ring is 1. The van der Waals surface area contributed by atoms with E-state index in [0.717, 1.165) is 0 Å². The molecular weight excluding hydrogens is 214 g/mol. The molecule has 0 saturated carbocycles. The van der Waals surface area contributed by atoms with Crippen LogP contribution >= 0.6 is 11.3 Å². The molecule has 0 saturated heterocycles. The van der Waals surface area contributed by atoms with Crippen LogP contribution in [0.1, 0.15) is 27.0 Å². The van der Waals surface area contributed by atoms with Crippen molar-refractivity contribution < 1.29 is 9.59 Å². The van der Waals surface area contributed by atoms with Crippen molar-refractivity contribution in [3.8, 4) is 0 Å². The Kier molecular flexibility index (Phi) is 2.99. The lowest BCUT2D eigenvalue weighted by atomic mass is 10.2. The highest BCUT2D eigenvalue weighted by Gasteiger charge is 2.23. The number of ketones is 1. The van der Waals surface area contributed by atoms with Gasteiger partial charge < -0.3 is 16.4 Å². The van der Waals surface area contributed by atoms with Crippen LogP contribution < -0.4 is 16.4 Å². The number of carbonyl (C=O) groups excluding carboxylic acids is 2. The fourth-order valence-corrected chi connectivity index (χ4v) is 2.29. The quantitative estimate of drug-likeness (QED) is 0.744. The second kappa shape index (κ2) is 3.90. The van der Waals surface area contributed by atoms with Gasteiger partial charge >= 0.3 is 0 Å². The summed E-state index contributed by atoms with van der Waals surface area (Å²) in [6.07, 6.45) is 0. The molecule has 0 bridgehead atoms. The van der Waals surface area contributed by atoms with Crippen molar-refractivity contribution in [2.45, 2.75) is 6.92 Å². The van der Waals surface area contributed by atoms with E-state index in [1.165, 1.54) is 18.3 Å². The van der Waals surface area contributed by atoms with E-state index in [4.69, 9.17) is 11.5 Å². The van der Waals surface area contributed by atoms with E-state index in [1.807, 2.05) is 0 Å². The summed E-state index contributed by atoms with van der Waals surface area (Å²) in [5, 5.41) is 0.616. The van der Waals surface area contributed by atoms with E-state index < -0.39 is 5.91 Å². The van der Waals surface area contributed by atoms with Crippen LogP contribution in [0.5, 0.6) is 0 Å². The molecule has 1 rings (SSSR count). The molecule has 1 aromatic rings. The standard InChI is InChI=1S/C9H13N3O2S/c1-4(13)7-6(10)5(8(11)14)9(15-7)12(2)3/h10H2,1-3H3,(H2,11,14). The number of rotatable bonds is 3. The predicted molar refractivity (Wildman–Crippen MR) is 61.6 cm³/mol. The molecule has 5 nitrogen and oxygen atoms in total. The molecule has 0 aliphatic heterocycles. The van der Waals surface area contributed by atoms with Gasteiger partial charge in [-0.15, -0.1) is 11.3 Å². The Morgan fingerprint density at radius 2 is 1.87 bits per heavy atom. The molecule has 0 aliphatic rings. The van der Waals surface area contributed by atoms with Crippen LogP contribution in [-0.2, 0) is 0 Å². The van der Waals surface area contributed by atoms with Crippen LogP contribution in [0.2, 0.25) is 0 Å². The van der Waals surface area contributed by atoms with E-state index in [-0.39, 0.29) is 17.0 Å². The van der Waals surface area contributed by atoms with Gasteiger partial charge in [0.1, 0.15) is 5.00 Å². The molecule has 1 amide bonds. The molecule has 82 valence electrons. The first-order valence-corrected chi connectivity index (χ1v) is 5.08. The van der Waals surface area contributed by atoms with Gasteiger partial charge in [0.2, 0.25) is 0 Å². The number of thiophene rings is 1. The van der Waals surface area contributed by atoms with Gasteiger partial charge in [0.25, 0.3) is 5.91 Å². The summed E-state index contributed by atoms with van der Waals surface area (Å²) < 4.78 is 0. The van der Waals surface area contributed by atoms with Crippen molar-refractivity contribution in [1.82, 2.24) is 0 Å². The van der Waals surface area contributed by atoms with Gasteiger partial charge in [0, 0.05) is 21.0 Å². The van der Waals surface area contributed by atoms with Crippen LogP contribution in [0.15, 0.2) is 0 Å². The lowest BCUT2D eigenvalue weighted by molar-refractivity contribution is 0.100. The number of amides is 1. The van der Waals surface area contributed by atoms with E-state index in [1.54, 1.807) is 19.0 Å². The third-order valence-electron chi connectivity index (χ3n) is 1.90. The van der Waals surface area contributed by atoms with Gasteiger partial charge in [-0.2, -0.15) is 0 Å². The van der Waals surface area contributed by atoms with Gasteiger partial charge in [-0.1, -0.05) is 0 Å². The summed E-state index contributed by atoms with van der Waals surface area (Å²) in [7, 11) is 3.53. The number of primary amides is 1. The smallest absolute Gasteiger partial charge is 0.253 e. The molecule has 0 radical (unpaired) electrons. The van der Waals surface area contributed by atoms with Crippen molar-refractivity contribution in [2.75, 3.05) is 24.7 Å². The Labute approximate surface area is 91.7 Å². The maximum atomic E-state index is 11.2. The highest BCUT2D eigenvalue weighted by atomic mass is 32.1. The molecule has 0 unspecified atom stereocenters. The number of nitrogens with two attached hydrogens (primary N) is 2. The summed E-state index contributed by atoms with van der Waals surface area (Å²) in [5.74, 6) is -0.770. The van der Waals surface area contributed by atoms with Crippen LogP contribution in [-0.4, -0.2) is 25.8 Å². The maximum Gasteiger partial charge on any atom is 0.253 e. The molecular formula is C9H13N3O2S. The minimum absolute atomic E-state index is 0.159. The second-order valence-corrected chi connectivity index (χ2v) is 4.34. The number of hydrogen-bond acceptors (Lipinski definition) is 5. The van der Waals surface area contributed by atoms with E-state index in [2.05, 4.69) is 0 Å². The number of Topliss-reactive ketones (excluding diaryl/α,β-unsaturated/α-hetero) is 1. The fourth-order valence-electron chi connectivity index (χ4n) is 1.25. The zero-order chi connectivity index (χ0) is 11.7. The molecule has 0 fully saturated rings. The highest BCUT2D eigenvalue weighted by molar-refractivity contribution is 7.19. The van der Waals surface area contributed by atoms with Crippen LogP contribution in [0, 0.1) is 0 Å². The number of anilines is 2. The molecule has 4 N–H and O–H groups in total. The SMILES string of the molecule is CC(=O)c1sc(N(C)C)c(C(N)=O)c1N. The largest absolute Gasteiger partial charge is 0.397 e. The Morgan fingerprint density at radius 1 is 1.33 bits per heavy atom. The predicted octanol–water partition coefficient (Wildman–Crippen LogP) is 0.698. The molecule has 6 heteroatoms. The van der Waals surface area contributed by atoms with Gasteiger partial charge in [-0.3, -0.25) is 9.59 Å². The van der Waals surface area contributed by atoms with Gasteiger partial charge in [-0.05, 0) is 0 Å². The summed E-state index contributed by atoms with van der Waals surface area (Å²) in [6, 6.07) is 0. The monoisotopic (exact) mass is 227 g/mol. The fraction of sp³-hybridized carbons (Fsp3) is 0.333. The summed E-state index contributed by atoms with van der Waals surface area (Å²) >= 11 is 1.18. The van der Waals surface area contributed by atoms with Crippen molar-refractivity contribution >= 4 is 33.7 Å². The van der Waals surface area contributed by atoms with E-state index >= 15 is 0 Å². The van der Waals surface area contributed by atoms with Crippen molar-refractivity contribution in [1.29, 1.82) is 0 Å². The van der Waals surface area contributed by atoms with E-state index in [0.29, 0.717) is 9.88 Å². The molecule has 1 heterocycles. The maximum absolute atomic E-state index is 11.2. The lowest BCUT2D eigenvalue weighted by Crippen LogP contribution is -2.17. The molecule has 15 heavy (non-hydrogen) atoms. The minimum Gasteiger partial charge on any atom is -0.397 e. The van der Waals surface area contributed by atoms with Crippen LogP contribution in [0.4, 0.5) is 10.7 Å². The summed E-state index contributed by atoms with van der Waals surface area (Å²) in [4.78, 5) is 24.5. The normalized spacial score (nSPS) is 10.1. The molecule has 1 aromatic heterocycles.